The molecule has 110 valence electrons. The molecule has 0 unspecified atom stereocenters. The Kier molecular flexibility index (Phi) is 4.85. The molecule has 1 N–H and O–H groups in total. The van der Waals surface area contributed by atoms with E-state index in [-0.39, 0.29) is 0 Å². The Balaban J connectivity index is 1.95. The van der Waals surface area contributed by atoms with Gasteiger partial charge in [-0.1, -0.05) is 6.92 Å². The normalized spacial score (nSPS) is 31.3. The van der Waals surface area contributed by atoms with Crippen LogP contribution in [0, 0.1) is 11.3 Å². The Labute approximate surface area is 116 Å². The molecule has 1 heterocycles. The van der Waals surface area contributed by atoms with Crippen molar-refractivity contribution >= 4 is 5.97 Å². The summed E-state index contributed by atoms with van der Waals surface area (Å²) in [5, 5.41) is 9.60. The summed E-state index contributed by atoms with van der Waals surface area (Å²) in [6.07, 6.45) is 6.27. The molecule has 0 amide bonds. The molecule has 4 heteroatoms. The zero-order chi connectivity index (χ0) is 13.9. The van der Waals surface area contributed by atoms with E-state index in [2.05, 4.69) is 18.9 Å². The van der Waals surface area contributed by atoms with Gasteiger partial charge < -0.3 is 14.7 Å². The van der Waals surface area contributed by atoms with Gasteiger partial charge in [-0.05, 0) is 51.5 Å². The van der Waals surface area contributed by atoms with Crippen molar-refractivity contribution in [2.24, 2.45) is 11.3 Å². The van der Waals surface area contributed by atoms with E-state index in [0.717, 1.165) is 5.92 Å². The average molecular weight is 269 g/mol. The van der Waals surface area contributed by atoms with Crippen molar-refractivity contribution in [1.82, 2.24) is 4.90 Å². The van der Waals surface area contributed by atoms with Crippen LogP contribution in [0.25, 0.3) is 0 Å². The minimum Gasteiger partial charge on any atom is -0.481 e. The number of nitrogens with zero attached hydrogens (tertiary/aromatic N) is 1. The van der Waals surface area contributed by atoms with Gasteiger partial charge in [0.15, 0.2) is 0 Å². The minimum atomic E-state index is -0.646. The van der Waals surface area contributed by atoms with Crippen LogP contribution in [-0.4, -0.2) is 48.8 Å². The van der Waals surface area contributed by atoms with Gasteiger partial charge in [-0.2, -0.15) is 0 Å². The Morgan fingerprint density at radius 1 is 1.26 bits per heavy atom. The first-order valence-electron chi connectivity index (χ1n) is 7.55. The lowest BCUT2D eigenvalue weighted by molar-refractivity contribution is -0.157. The molecule has 1 aliphatic carbocycles. The van der Waals surface area contributed by atoms with Crippen LogP contribution in [0.4, 0.5) is 0 Å². The SMILES string of the molecule is CC1CCC(N(C)CC2(C(=O)O)CCOCC2)CC1. The van der Waals surface area contributed by atoms with Crippen molar-refractivity contribution in [2.75, 3.05) is 26.8 Å². The van der Waals surface area contributed by atoms with Crippen LogP contribution in [0.15, 0.2) is 0 Å². The largest absolute Gasteiger partial charge is 0.481 e. The fourth-order valence-electron chi connectivity index (χ4n) is 3.49. The second kappa shape index (κ2) is 6.23. The van der Waals surface area contributed by atoms with E-state index in [4.69, 9.17) is 4.74 Å². The van der Waals surface area contributed by atoms with Crippen molar-refractivity contribution in [3.63, 3.8) is 0 Å². The first kappa shape index (κ1) is 14.8. The van der Waals surface area contributed by atoms with Crippen molar-refractivity contribution in [2.45, 2.75) is 51.5 Å². The number of ether oxygens (including phenoxy) is 1. The summed E-state index contributed by atoms with van der Waals surface area (Å²) in [4.78, 5) is 14.0. The molecule has 19 heavy (non-hydrogen) atoms. The molecule has 2 aliphatic rings. The maximum atomic E-state index is 11.7. The molecule has 2 fully saturated rings. The Morgan fingerprint density at radius 2 is 1.84 bits per heavy atom. The molecular formula is C15H27NO3. The summed E-state index contributed by atoms with van der Waals surface area (Å²) in [5.41, 5.74) is -0.587. The lowest BCUT2D eigenvalue weighted by Gasteiger charge is -2.41. The zero-order valence-electron chi connectivity index (χ0n) is 12.2. The van der Waals surface area contributed by atoms with E-state index in [1.165, 1.54) is 25.7 Å². The Bertz CT molecular complexity index is 305. The van der Waals surface area contributed by atoms with E-state index in [9.17, 15) is 9.90 Å². The van der Waals surface area contributed by atoms with Crippen LogP contribution < -0.4 is 0 Å². The Morgan fingerprint density at radius 3 is 2.37 bits per heavy atom. The third kappa shape index (κ3) is 3.48. The molecule has 4 nitrogen and oxygen atoms in total. The number of hydrogen-bond donors (Lipinski definition) is 1. The predicted octanol–water partition coefficient (Wildman–Crippen LogP) is 2.38. The standard InChI is InChI=1S/C15H27NO3/c1-12-3-5-13(6-4-12)16(2)11-15(14(17)18)7-9-19-10-8-15/h12-13H,3-11H2,1-2H3,(H,17,18). The highest BCUT2D eigenvalue weighted by Crippen LogP contribution is 2.34. The molecule has 0 radical (unpaired) electrons. The maximum absolute atomic E-state index is 11.7. The topological polar surface area (TPSA) is 49.8 Å². The summed E-state index contributed by atoms with van der Waals surface area (Å²) < 4.78 is 5.33. The molecule has 0 aromatic rings. The molecule has 0 atom stereocenters. The molecule has 1 aliphatic heterocycles. The first-order chi connectivity index (χ1) is 9.03. The van der Waals surface area contributed by atoms with E-state index in [1.54, 1.807) is 0 Å². The monoisotopic (exact) mass is 269 g/mol. The van der Waals surface area contributed by atoms with Crippen LogP contribution in [0.1, 0.15) is 45.4 Å². The molecule has 2 rings (SSSR count). The first-order valence-corrected chi connectivity index (χ1v) is 7.55. The van der Waals surface area contributed by atoms with Gasteiger partial charge in [-0.3, -0.25) is 4.79 Å². The van der Waals surface area contributed by atoms with Gasteiger partial charge in [0, 0.05) is 25.8 Å². The number of carboxylic acid groups (broad SMARTS) is 1. The number of rotatable bonds is 4. The summed E-state index contributed by atoms with van der Waals surface area (Å²) in [6, 6.07) is 0.565. The van der Waals surface area contributed by atoms with Gasteiger partial charge in [-0.15, -0.1) is 0 Å². The molecule has 0 spiro atoms. The van der Waals surface area contributed by atoms with Crippen molar-refractivity contribution < 1.29 is 14.6 Å². The quantitative estimate of drug-likeness (QED) is 0.851. The molecular weight excluding hydrogens is 242 g/mol. The van der Waals surface area contributed by atoms with Gasteiger partial charge >= 0.3 is 5.97 Å². The lowest BCUT2D eigenvalue weighted by atomic mass is 9.78. The third-order valence-corrected chi connectivity index (χ3v) is 5.06. The summed E-state index contributed by atoms with van der Waals surface area (Å²) >= 11 is 0. The minimum absolute atomic E-state index is 0.565. The third-order valence-electron chi connectivity index (χ3n) is 5.06. The van der Waals surface area contributed by atoms with Gasteiger partial charge in [-0.25, -0.2) is 0 Å². The average Bonchev–Trinajstić information content (AvgIpc) is 2.40. The van der Waals surface area contributed by atoms with Gasteiger partial charge in [0.2, 0.25) is 0 Å². The zero-order valence-corrected chi connectivity index (χ0v) is 12.2. The van der Waals surface area contributed by atoms with Crippen LogP contribution in [-0.2, 0) is 9.53 Å². The van der Waals surface area contributed by atoms with Gasteiger partial charge in [0.1, 0.15) is 0 Å². The maximum Gasteiger partial charge on any atom is 0.311 e. The number of hydrogen-bond acceptors (Lipinski definition) is 3. The number of aliphatic carboxylic acids is 1. The summed E-state index contributed by atoms with van der Waals surface area (Å²) in [5.74, 6) is 0.188. The summed E-state index contributed by atoms with van der Waals surface area (Å²) in [6.45, 7) is 4.15. The van der Waals surface area contributed by atoms with E-state index in [1.807, 2.05) is 0 Å². The molecule has 0 aromatic carbocycles. The lowest BCUT2D eigenvalue weighted by Crippen LogP contribution is -2.48. The van der Waals surface area contributed by atoms with Crippen molar-refractivity contribution in [3.05, 3.63) is 0 Å². The highest BCUT2D eigenvalue weighted by molar-refractivity contribution is 5.75. The number of carboxylic acids is 1. The second-order valence-electron chi connectivity index (χ2n) is 6.53. The van der Waals surface area contributed by atoms with E-state index < -0.39 is 11.4 Å². The molecule has 1 saturated heterocycles. The van der Waals surface area contributed by atoms with Crippen LogP contribution >= 0.6 is 0 Å². The van der Waals surface area contributed by atoms with Crippen LogP contribution in [0.3, 0.4) is 0 Å². The highest BCUT2D eigenvalue weighted by atomic mass is 16.5. The van der Waals surface area contributed by atoms with Crippen molar-refractivity contribution in [3.8, 4) is 0 Å². The van der Waals surface area contributed by atoms with Crippen LogP contribution in [0.5, 0.6) is 0 Å². The smallest absolute Gasteiger partial charge is 0.311 e. The molecule has 1 saturated carbocycles. The van der Waals surface area contributed by atoms with Gasteiger partial charge in [0.05, 0.1) is 5.41 Å². The van der Waals surface area contributed by atoms with Crippen molar-refractivity contribution in [1.29, 1.82) is 0 Å². The van der Waals surface area contributed by atoms with E-state index in [0.29, 0.717) is 38.6 Å². The van der Waals surface area contributed by atoms with Gasteiger partial charge in [0.25, 0.3) is 0 Å². The fourth-order valence-corrected chi connectivity index (χ4v) is 3.49. The summed E-state index contributed by atoms with van der Waals surface area (Å²) in [7, 11) is 2.10. The fraction of sp³-hybridized carbons (Fsp3) is 0.933. The molecule has 0 aromatic heterocycles. The second-order valence-corrected chi connectivity index (χ2v) is 6.53. The number of carbonyl (C=O) groups is 1. The predicted molar refractivity (Wildman–Crippen MR) is 74.2 cm³/mol. The molecule has 0 bridgehead atoms. The highest BCUT2D eigenvalue weighted by Gasteiger charge is 2.42. The van der Waals surface area contributed by atoms with Crippen LogP contribution in [0.2, 0.25) is 0 Å². The Hall–Kier alpha value is -0.610. The van der Waals surface area contributed by atoms with E-state index >= 15 is 0 Å².